The molecule has 2 aromatic rings. The first-order valence-corrected chi connectivity index (χ1v) is 9.12. The number of aliphatic imine (C=N–C) groups is 1. The Labute approximate surface area is 175 Å². The zero-order valence-corrected chi connectivity index (χ0v) is 17.1. The Hall–Kier alpha value is -3.15. The summed E-state index contributed by atoms with van der Waals surface area (Å²) in [4.78, 5) is 28.6. The minimum absolute atomic E-state index is 0.0497. The number of hydrogen-bond donors (Lipinski definition) is 2. The number of pyridine rings is 1. The van der Waals surface area contributed by atoms with Gasteiger partial charge in [0, 0.05) is 6.20 Å². The molecular formula is C19H20F4N6O2. The van der Waals surface area contributed by atoms with Crippen LogP contribution in [0.15, 0.2) is 23.3 Å². The molecule has 0 saturated heterocycles. The van der Waals surface area contributed by atoms with E-state index in [1.165, 1.54) is 19.2 Å². The maximum Gasteiger partial charge on any atom is 0.424 e. The highest BCUT2D eigenvalue weighted by Crippen LogP contribution is 2.41. The number of aryl methyl sites for hydroxylation is 2. The lowest BCUT2D eigenvalue weighted by Crippen LogP contribution is -2.60. The van der Waals surface area contributed by atoms with Gasteiger partial charge in [-0.1, -0.05) is 0 Å². The summed E-state index contributed by atoms with van der Waals surface area (Å²) >= 11 is 0. The first-order chi connectivity index (χ1) is 14.3. The summed E-state index contributed by atoms with van der Waals surface area (Å²) in [6, 6.07) is 2.22. The van der Waals surface area contributed by atoms with Gasteiger partial charge in [0.1, 0.15) is 34.4 Å². The van der Waals surface area contributed by atoms with Crippen molar-refractivity contribution >= 4 is 17.6 Å². The lowest BCUT2D eigenvalue weighted by Gasteiger charge is -2.40. The van der Waals surface area contributed by atoms with E-state index in [-0.39, 0.29) is 17.2 Å². The highest BCUT2D eigenvalue weighted by atomic mass is 19.4. The number of carbonyl (C=O) groups excluding carboxylic acids is 1. The molecule has 1 amide bonds. The van der Waals surface area contributed by atoms with Gasteiger partial charge in [0.15, 0.2) is 0 Å². The van der Waals surface area contributed by atoms with Gasteiger partial charge < -0.3 is 15.8 Å². The van der Waals surface area contributed by atoms with Crippen LogP contribution in [0.3, 0.4) is 0 Å². The molecule has 31 heavy (non-hydrogen) atoms. The van der Waals surface area contributed by atoms with Crippen LogP contribution < -0.4 is 11.1 Å². The molecule has 0 saturated carbocycles. The minimum Gasteiger partial charge on any atom is -0.385 e. The van der Waals surface area contributed by atoms with E-state index in [0.29, 0.717) is 11.4 Å². The summed E-state index contributed by atoms with van der Waals surface area (Å²) in [5, 5.41) is 2.47. The Morgan fingerprint density at radius 2 is 1.90 bits per heavy atom. The molecule has 0 bridgehead atoms. The van der Waals surface area contributed by atoms with Crippen molar-refractivity contribution in [1.29, 1.82) is 0 Å². The van der Waals surface area contributed by atoms with Crippen LogP contribution >= 0.6 is 0 Å². The molecule has 3 heterocycles. The Morgan fingerprint density at radius 1 is 1.23 bits per heavy atom. The molecule has 12 heteroatoms. The van der Waals surface area contributed by atoms with E-state index in [0.717, 1.165) is 13.0 Å². The second-order valence-corrected chi connectivity index (χ2v) is 7.52. The number of alkyl halides is 3. The predicted molar refractivity (Wildman–Crippen MR) is 103 cm³/mol. The number of anilines is 1. The van der Waals surface area contributed by atoms with Crippen molar-refractivity contribution in [2.24, 2.45) is 10.7 Å². The van der Waals surface area contributed by atoms with Crippen molar-refractivity contribution in [2.45, 2.75) is 45.0 Å². The third-order valence-electron chi connectivity index (χ3n) is 4.92. The van der Waals surface area contributed by atoms with Crippen molar-refractivity contribution in [2.75, 3.05) is 11.9 Å². The Morgan fingerprint density at radius 3 is 2.48 bits per heavy atom. The van der Waals surface area contributed by atoms with E-state index >= 15 is 0 Å². The van der Waals surface area contributed by atoms with Crippen LogP contribution in [-0.2, 0) is 10.3 Å². The number of rotatable bonds is 3. The number of aromatic nitrogens is 3. The summed E-state index contributed by atoms with van der Waals surface area (Å²) in [5.74, 6) is -2.38. The van der Waals surface area contributed by atoms with E-state index in [1.54, 1.807) is 13.8 Å². The topological polar surface area (TPSA) is 115 Å². The second-order valence-electron chi connectivity index (χ2n) is 7.52. The molecule has 0 radical (unpaired) electrons. The molecule has 166 valence electrons. The first kappa shape index (κ1) is 22.5. The Kier molecular flexibility index (Phi) is 5.47. The van der Waals surface area contributed by atoms with Crippen LogP contribution in [0.25, 0.3) is 0 Å². The lowest BCUT2D eigenvalue weighted by molar-refractivity contribution is -0.249. The van der Waals surface area contributed by atoms with Gasteiger partial charge in [-0.25, -0.2) is 14.4 Å². The maximum absolute atomic E-state index is 14.5. The normalized spacial score (nSPS) is 23.9. The molecule has 0 aliphatic carbocycles. The summed E-state index contributed by atoms with van der Waals surface area (Å²) in [7, 11) is 0. The van der Waals surface area contributed by atoms with Crippen molar-refractivity contribution < 1.29 is 27.1 Å². The molecule has 8 nitrogen and oxygen atoms in total. The van der Waals surface area contributed by atoms with Crippen LogP contribution in [0.1, 0.15) is 41.4 Å². The molecule has 2 atom stereocenters. The van der Waals surface area contributed by atoms with Gasteiger partial charge in [-0.2, -0.15) is 13.2 Å². The van der Waals surface area contributed by atoms with E-state index in [2.05, 4.69) is 25.3 Å². The first-order valence-electron chi connectivity index (χ1n) is 9.12. The van der Waals surface area contributed by atoms with Crippen molar-refractivity contribution in [3.8, 4) is 0 Å². The second kappa shape index (κ2) is 7.52. The van der Waals surface area contributed by atoms with Crippen LogP contribution in [0.2, 0.25) is 0 Å². The van der Waals surface area contributed by atoms with E-state index in [9.17, 15) is 22.4 Å². The SMILES string of the molecule is Cc1cnc(C(=O)Nc2ccc(F)c(C3(C)COC(C)(C(F)(F)F)C(N)=N3)n2)c(C)n1. The number of halogens is 4. The number of amidine groups is 1. The Bertz CT molecular complexity index is 1070. The molecule has 2 unspecified atom stereocenters. The van der Waals surface area contributed by atoms with Gasteiger partial charge in [-0.3, -0.25) is 14.8 Å². The molecule has 0 fully saturated rings. The van der Waals surface area contributed by atoms with Gasteiger partial charge in [-0.05, 0) is 39.8 Å². The summed E-state index contributed by atoms with van der Waals surface area (Å²) < 4.78 is 59.4. The monoisotopic (exact) mass is 440 g/mol. The van der Waals surface area contributed by atoms with Gasteiger partial charge in [-0.15, -0.1) is 0 Å². The van der Waals surface area contributed by atoms with E-state index in [1.807, 2.05) is 0 Å². The Balaban J connectivity index is 1.94. The largest absolute Gasteiger partial charge is 0.424 e. The lowest BCUT2D eigenvalue weighted by atomic mass is 9.93. The van der Waals surface area contributed by atoms with Crippen molar-refractivity contribution in [3.05, 3.63) is 46.9 Å². The number of hydrogen-bond acceptors (Lipinski definition) is 7. The standard InChI is InChI=1S/C19H20F4N6O2/c1-9-7-25-13(10(2)26-9)15(30)28-12-6-5-11(20)14(27-12)17(3)8-31-18(4,16(24)29-17)19(21,22)23/h5-7H,8H2,1-4H3,(H2,24,29)(H,27,28,30). The molecule has 2 aromatic heterocycles. The van der Waals surface area contributed by atoms with E-state index in [4.69, 9.17) is 10.5 Å². The molecule has 0 spiro atoms. The fraction of sp³-hybridized carbons (Fsp3) is 0.421. The molecule has 3 rings (SSSR count). The summed E-state index contributed by atoms with van der Waals surface area (Å²) in [6.45, 7) is 4.78. The van der Waals surface area contributed by atoms with Crippen molar-refractivity contribution in [3.63, 3.8) is 0 Å². The number of ether oxygens (including phenoxy) is 1. The quantitative estimate of drug-likeness (QED) is 0.710. The van der Waals surface area contributed by atoms with Crippen LogP contribution in [-0.4, -0.2) is 45.1 Å². The number of nitrogens with zero attached hydrogens (tertiary/aromatic N) is 4. The number of nitrogens with one attached hydrogen (secondary N) is 1. The fourth-order valence-corrected chi connectivity index (χ4v) is 3.00. The zero-order chi connectivity index (χ0) is 23.2. The highest BCUT2D eigenvalue weighted by Gasteiger charge is 2.59. The third kappa shape index (κ3) is 4.07. The maximum atomic E-state index is 14.5. The van der Waals surface area contributed by atoms with Crippen molar-refractivity contribution in [1.82, 2.24) is 15.0 Å². The van der Waals surface area contributed by atoms with Gasteiger partial charge in [0.05, 0.1) is 18.0 Å². The number of nitrogens with two attached hydrogens (primary N) is 1. The van der Waals surface area contributed by atoms with Crippen LogP contribution in [0, 0.1) is 19.7 Å². The summed E-state index contributed by atoms with van der Waals surface area (Å²) in [6.07, 6.45) is -3.39. The number of amides is 1. The highest BCUT2D eigenvalue weighted by molar-refractivity contribution is 6.03. The fourth-order valence-electron chi connectivity index (χ4n) is 3.00. The van der Waals surface area contributed by atoms with Gasteiger partial charge in [0.25, 0.3) is 5.91 Å². The smallest absolute Gasteiger partial charge is 0.385 e. The van der Waals surface area contributed by atoms with Gasteiger partial charge in [0.2, 0.25) is 5.60 Å². The van der Waals surface area contributed by atoms with Gasteiger partial charge >= 0.3 is 6.18 Å². The molecule has 0 aromatic carbocycles. The van der Waals surface area contributed by atoms with E-state index < -0.39 is 41.5 Å². The third-order valence-corrected chi connectivity index (χ3v) is 4.92. The minimum atomic E-state index is -4.81. The number of carbonyl (C=O) groups is 1. The van der Waals surface area contributed by atoms with Crippen LogP contribution in [0.5, 0.6) is 0 Å². The molecule has 3 N–H and O–H groups in total. The average molecular weight is 440 g/mol. The predicted octanol–water partition coefficient (Wildman–Crippen LogP) is 2.80. The average Bonchev–Trinajstić information content (AvgIpc) is 2.65. The molecule has 1 aliphatic heterocycles. The van der Waals surface area contributed by atoms with Crippen LogP contribution in [0.4, 0.5) is 23.4 Å². The molecule has 1 aliphatic rings. The molecular weight excluding hydrogens is 420 g/mol. The summed E-state index contributed by atoms with van der Waals surface area (Å²) in [5.41, 5.74) is 1.85. The zero-order valence-electron chi connectivity index (χ0n) is 17.1.